The van der Waals surface area contributed by atoms with Gasteiger partial charge in [-0.1, -0.05) is 12.1 Å². The summed E-state index contributed by atoms with van der Waals surface area (Å²) < 4.78 is 15.9. The molecular formula is C21H21FN4O2. The molecule has 7 heteroatoms. The summed E-state index contributed by atoms with van der Waals surface area (Å²) in [6.45, 7) is 5.95. The molecule has 3 N–H and O–H groups in total. The van der Waals surface area contributed by atoms with Crippen LogP contribution in [-0.2, 0) is 6.54 Å². The van der Waals surface area contributed by atoms with Gasteiger partial charge in [-0.3, -0.25) is 14.3 Å². The predicted octanol–water partition coefficient (Wildman–Crippen LogP) is 3.35. The molecule has 0 bridgehead atoms. The summed E-state index contributed by atoms with van der Waals surface area (Å²) in [5.74, 6) is -1.77. The lowest BCUT2D eigenvalue weighted by Gasteiger charge is -2.12. The molecule has 3 aromatic rings. The number of rotatable bonds is 5. The third-order valence-electron chi connectivity index (χ3n) is 4.50. The van der Waals surface area contributed by atoms with Gasteiger partial charge < -0.3 is 11.1 Å². The van der Waals surface area contributed by atoms with Gasteiger partial charge in [0.25, 0.3) is 5.91 Å². The number of aromatic nitrogens is 2. The maximum absolute atomic E-state index is 14.0. The molecular weight excluding hydrogens is 359 g/mol. The van der Waals surface area contributed by atoms with E-state index in [9.17, 15) is 14.0 Å². The van der Waals surface area contributed by atoms with E-state index >= 15 is 0 Å². The second kappa shape index (κ2) is 7.64. The summed E-state index contributed by atoms with van der Waals surface area (Å²) >= 11 is 0. The number of anilines is 1. The van der Waals surface area contributed by atoms with Gasteiger partial charge >= 0.3 is 0 Å². The van der Waals surface area contributed by atoms with Crippen molar-refractivity contribution in [1.29, 1.82) is 0 Å². The number of carbonyl (C=O) groups is 2. The molecule has 0 radical (unpaired) electrons. The second-order valence-corrected chi connectivity index (χ2v) is 6.73. The van der Waals surface area contributed by atoms with Crippen molar-refractivity contribution < 1.29 is 14.0 Å². The molecule has 0 fully saturated rings. The molecule has 0 aliphatic heterocycles. The number of hydrogen-bond donors (Lipinski definition) is 2. The highest BCUT2D eigenvalue weighted by atomic mass is 19.1. The van der Waals surface area contributed by atoms with Crippen LogP contribution in [0.5, 0.6) is 0 Å². The normalized spacial score (nSPS) is 10.7. The minimum absolute atomic E-state index is 0.00308. The van der Waals surface area contributed by atoms with Crippen molar-refractivity contribution in [2.45, 2.75) is 27.3 Å². The third kappa shape index (κ3) is 4.09. The molecule has 0 aliphatic carbocycles. The Labute approximate surface area is 162 Å². The van der Waals surface area contributed by atoms with Crippen molar-refractivity contribution >= 4 is 17.5 Å². The van der Waals surface area contributed by atoms with Crippen LogP contribution in [0.25, 0.3) is 0 Å². The maximum Gasteiger partial charge on any atom is 0.255 e. The van der Waals surface area contributed by atoms with E-state index in [1.807, 2.05) is 30.7 Å². The second-order valence-electron chi connectivity index (χ2n) is 6.73. The molecule has 28 heavy (non-hydrogen) atoms. The summed E-state index contributed by atoms with van der Waals surface area (Å²) in [6.07, 6.45) is 0. The smallest absolute Gasteiger partial charge is 0.255 e. The average molecular weight is 380 g/mol. The molecule has 144 valence electrons. The van der Waals surface area contributed by atoms with Crippen LogP contribution >= 0.6 is 0 Å². The van der Waals surface area contributed by atoms with Gasteiger partial charge in [-0.05, 0) is 56.7 Å². The lowest BCUT2D eigenvalue weighted by Crippen LogP contribution is -2.16. The summed E-state index contributed by atoms with van der Waals surface area (Å²) in [5, 5.41) is 7.09. The van der Waals surface area contributed by atoms with Crippen molar-refractivity contribution in [2.75, 3.05) is 5.32 Å². The Balaban J connectivity index is 1.84. The number of carbonyl (C=O) groups excluding carboxylic acids is 2. The van der Waals surface area contributed by atoms with Gasteiger partial charge in [0, 0.05) is 28.1 Å². The largest absolute Gasteiger partial charge is 0.366 e. The van der Waals surface area contributed by atoms with Crippen molar-refractivity contribution in [3.63, 3.8) is 0 Å². The third-order valence-corrected chi connectivity index (χ3v) is 4.50. The molecule has 2 aromatic carbocycles. The quantitative estimate of drug-likeness (QED) is 0.711. The van der Waals surface area contributed by atoms with Crippen LogP contribution in [0.4, 0.5) is 10.1 Å². The fourth-order valence-corrected chi connectivity index (χ4v) is 2.96. The Bertz CT molecular complexity index is 1070. The van der Waals surface area contributed by atoms with E-state index in [4.69, 9.17) is 5.73 Å². The number of aryl methyl sites for hydroxylation is 2. The molecule has 1 aromatic heterocycles. The van der Waals surface area contributed by atoms with Gasteiger partial charge in [0.1, 0.15) is 5.82 Å². The van der Waals surface area contributed by atoms with Crippen LogP contribution in [0.1, 0.15) is 43.2 Å². The fourth-order valence-electron chi connectivity index (χ4n) is 2.96. The first kappa shape index (κ1) is 19.3. The Morgan fingerprint density at radius 3 is 2.50 bits per heavy atom. The zero-order valence-electron chi connectivity index (χ0n) is 15.9. The zero-order valence-corrected chi connectivity index (χ0v) is 15.9. The molecule has 3 rings (SSSR count). The Morgan fingerprint density at radius 1 is 1.11 bits per heavy atom. The van der Waals surface area contributed by atoms with E-state index in [-0.39, 0.29) is 16.8 Å². The summed E-state index contributed by atoms with van der Waals surface area (Å²) in [6, 6.07) is 11.5. The van der Waals surface area contributed by atoms with E-state index in [2.05, 4.69) is 10.4 Å². The Kier molecular flexibility index (Phi) is 5.26. The summed E-state index contributed by atoms with van der Waals surface area (Å²) in [4.78, 5) is 24.0. The van der Waals surface area contributed by atoms with E-state index in [0.29, 0.717) is 12.1 Å². The number of primary amides is 1. The van der Waals surface area contributed by atoms with Crippen molar-refractivity contribution in [2.24, 2.45) is 5.73 Å². The lowest BCUT2D eigenvalue weighted by molar-refractivity contribution is 0.0995. The topological polar surface area (TPSA) is 90.0 Å². The SMILES string of the molecule is Cc1cc(C)n(Cc2cccc(C(=O)Nc3cc(C(N)=O)cc(F)c3C)c2)n1. The molecule has 2 amide bonds. The van der Waals surface area contributed by atoms with Crippen molar-refractivity contribution in [3.05, 3.63) is 81.9 Å². The predicted molar refractivity (Wildman–Crippen MR) is 105 cm³/mol. The first-order chi connectivity index (χ1) is 13.2. The highest BCUT2D eigenvalue weighted by molar-refractivity contribution is 6.05. The van der Waals surface area contributed by atoms with Gasteiger partial charge in [0.05, 0.1) is 12.2 Å². The molecule has 6 nitrogen and oxygen atoms in total. The van der Waals surface area contributed by atoms with Crippen molar-refractivity contribution in [3.8, 4) is 0 Å². The van der Waals surface area contributed by atoms with Crippen molar-refractivity contribution in [1.82, 2.24) is 9.78 Å². The van der Waals surface area contributed by atoms with Gasteiger partial charge in [-0.2, -0.15) is 5.10 Å². The van der Waals surface area contributed by atoms with E-state index in [1.165, 1.54) is 13.0 Å². The number of benzene rings is 2. The molecule has 0 saturated heterocycles. The summed E-state index contributed by atoms with van der Waals surface area (Å²) in [7, 11) is 0. The van der Waals surface area contributed by atoms with Gasteiger partial charge in [0.15, 0.2) is 0 Å². The summed E-state index contributed by atoms with van der Waals surface area (Å²) in [5.41, 5.74) is 8.95. The number of hydrogen-bond acceptors (Lipinski definition) is 3. The van der Waals surface area contributed by atoms with E-state index in [0.717, 1.165) is 23.0 Å². The number of nitrogens with zero attached hydrogens (tertiary/aromatic N) is 2. The molecule has 0 saturated carbocycles. The molecule has 1 heterocycles. The first-order valence-corrected chi connectivity index (χ1v) is 8.76. The standard InChI is InChI=1S/C21H21FN4O2/c1-12-7-13(2)26(25-12)11-15-5-4-6-16(8-15)21(28)24-19-10-17(20(23)27)9-18(22)14(19)3/h4-10H,11H2,1-3H3,(H2,23,27)(H,24,28). The highest BCUT2D eigenvalue weighted by Gasteiger charge is 2.14. The Morgan fingerprint density at radius 2 is 1.86 bits per heavy atom. The van der Waals surface area contributed by atoms with Crippen LogP contribution in [-0.4, -0.2) is 21.6 Å². The first-order valence-electron chi connectivity index (χ1n) is 8.76. The van der Waals surface area contributed by atoms with E-state index in [1.54, 1.807) is 18.2 Å². The molecule has 0 spiro atoms. The van der Waals surface area contributed by atoms with Gasteiger partial charge in [0.2, 0.25) is 5.91 Å². The molecule has 0 aliphatic rings. The highest BCUT2D eigenvalue weighted by Crippen LogP contribution is 2.22. The zero-order chi connectivity index (χ0) is 20.4. The number of amides is 2. The van der Waals surface area contributed by atoms with E-state index < -0.39 is 17.6 Å². The Hall–Kier alpha value is -3.48. The van der Waals surface area contributed by atoms with Crippen LogP contribution in [0.2, 0.25) is 0 Å². The number of nitrogens with two attached hydrogens (primary N) is 1. The molecule has 0 atom stereocenters. The van der Waals surface area contributed by atoms with Gasteiger partial charge in [-0.25, -0.2) is 4.39 Å². The minimum Gasteiger partial charge on any atom is -0.366 e. The maximum atomic E-state index is 14.0. The fraction of sp³-hybridized carbons (Fsp3) is 0.190. The molecule has 0 unspecified atom stereocenters. The number of nitrogens with one attached hydrogen (secondary N) is 1. The number of halogens is 1. The van der Waals surface area contributed by atoms with Crippen LogP contribution in [0.3, 0.4) is 0 Å². The average Bonchev–Trinajstić information content (AvgIpc) is 2.95. The lowest BCUT2D eigenvalue weighted by atomic mass is 10.1. The van der Waals surface area contributed by atoms with Crippen LogP contribution in [0.15, 0.2) is 42.5 Å². The van der Waals surface area contributed by atoms with Crippen LogP contribution in [0, 0.1) is 26.6 Å². The van der Waals surface area contributed by atoms with Crippen LogP contribution < -0.4 is 11.1 Å². The van der Waals surface area contributed by atoms with Gasteiger partial charge in [-0.15, -0.1) is 0 Å². The monoisotopic (exact) mass is 380 g/mol. The minimum atomic E-state index is -0.763.